The van der Waals surface area contributed by atoms with E-state index in [-0.39, 0.29) is 6.10 Å². The van der Waals surface area contributed by atoms with Gasteiger partial charge in [0.05, 0.1) is 26.0 Å². The second-order valence-corrected chi connectivity index (χ2v) is 8.18. The molecule has 1 aliphatic heterocycles. The zero-order valence-corrected chi connectivity index (χ0v) is 18.9. The summed E-state index contributed by atoms with van der Waals surface area (Å²) in [6.07, 6.45) is 6.67. The molecule has 0 N–H and O–H groups in total. The van der Waals surface area contributed by atoms with Crippen molar-refractivity contribution >= 4 is 16.9 Å². The Balaban J connectivity index is 1.42. The van der Waals surface area contributed by atoms with Crippen molar-refractivity contribution in [3.63, 3.8) is 0 Å². The molecular weight excluding hydrogens is 420 g/mol. The molecule has 33 heavy (non-hydrogen) atoms. The predicted octanol–water partition coefficient (Wildman–Crippen LogP) is 3.33. The average Bonchev–Trinajstić information content (AvgIpc) is 3.27. The highest BCUT2D eigenvalue weighted by Gasteiger charge is 2.27. The van der Waals surface area contributed by atoms with Crippen LogP contribution >= 0.6 is 0 Å². The van der Waals surface area contributed by atoms with E-state index in [2.05, 4.69) is 25.9 Å². The van der Waals surface area contributed by atoms with E-state index < -0.39 is 0 Å². The Morgan fingerprint density at radius 3 is 2.82 bits per heavy atom. The average molecular weight is 447 g/mol. The number of hydrogen-bond donors (Lipinski definition) is 0. The Kier molecular flexibility index (Phi) is 5.89. The summed E-state index contributed by atoms with van der Waals surface area (Å²) < 4.78 is 17.7. The van der Waals surface area contributed by atoms with Crippen LogP contribution in [0, 0.1) is 0 Å². The number of rotatable bonds is 6. The fraction of sp³-hybridized carbons (Fsp3) is 0.333. The summed E-state index contributed by atoms with van der Waals surface area (Å²) in [5.41, 5.74) is 3.35. The summed E-state index contributed by atoms with van der Waals surface area (Å²) in [5.74, 6) is 2.27. The molecule has 4 heterocycles. The number of hydrogen-bond acceptors (Lipinski definition) is 9. The minimum atomic E-state index is -0.213. The highest BCUT2D eigenvalue weighted by atomic mass is 16.5. The van der Waals surface area contributed by atoms with Crippen LogP contribution in [-0.2, 0) is 11.3 Å². The molecule has 1 aromatic carbocycles. The zero-order valence-electron chi connectivity index (χ0n) is 18.9. The van der Waals surface area contributed by atoms with Gasteiger partial charge in [0.25, 0.3) is 0 Å². The molecule has 1 atom stereocenters. The smallest absolute Gasteiger partial charge is 0.225 e. The first-order valence-electron chi connectivity index (χ1n) is 10.8. The van der Waals surface area contributed by atoms with Crippen LogP contribution in [0.15, 0.2) is 53.6 Å². The van der Waals surface area contributed by atoms with Crippen molar-refractivity contribution in [2.45, 2.75) is 12.6 Å². The summed E-state index contributed by atoms with van der Waals surface area (Å²) in [6, 6.07) is 7.99. The number of fused-ring (bicyclic) bond motifs is 1. The minimum absolute atomic E-state index is 0.213. The molecule has 1 unspecified atom stereocenters. The monoisotopic (exact) mass is 446 g/mol. The van der Waals surface area contributed by atoms with Gasteiger partial charge in [0, 0.05) is 62.3 Å². The number of methoxy groups -OCH3 is 1. The number of aromatic nitrogens is 4. The first kappa shape index (κ1) is 21.3. The Morgan fingerprint density at radius 1 is 1.18 bits per heavy atom. The summed E-state index contributed by atoms with van der Waals surface area (Å²) in [6.45, 7) is 2.76. The number of benzene rings is 1. The third kappa shape index (κ3) is 4.37. The molecule has 9 heteroatoms. The van der Waals surface area contributed by atoms with E-state index in [1.807, 2.05) is 43.4 Å². The lowest BCUT2D eigenvalue weighted by atomic mass is 10.0. The molecule has 0 aliphatic carbocycles. The van der Waals surface area contributed by atoms with Crippen LogP contribution in [0.25, 0.3) is 22.1 Å². The molecule has 170 valence electrons. The molecule has 9 nitrogen and oxygen atoms in total. The van der Waals surface area contributed by atoms with E-state index in [1.165, 1.54) is 6.33 Å². The molecule has 1 fully saturated rings. The van der Waals surface area contributed by atoms with Crippen molar-refractivity contribution in [2.24, 2.45) is 0 Å². The Hall–Kier alpha value is -3.56. The number of furan rings is 1. The molecule has 0 radical (unpaired) electrons. The van der Waals surface area contributed by atoms with Gasteiger partial charge in [0.2, 0.25) is 5.95 Å². The standard InChI is InChI=1S/C24H26N6O3/c1-29(2)24-27-12-19(17-10-25-15-26-11-17)22(28-24)21-14-30(7-8-32-21)13-18-9-16-5-4-6-20(31-3)23(16)33-18/h4-6,9-12,15,21H,7-8,13-14H2,1-3H3. The van der Waals surface area contributed by atoms with Gasteiger partial charge in [0.15, 0.2) is 11.3 Å². The summed E-state index contributed by atoms with van der Waals surface area (Å²) in [7, 11) is 5.51. The highest BCUT2D eigenvalue weighted by molar-refractivity contribution is 5.83. The number of morpholine rings is 1. The van der Waals surface area contributed by atoms with Crippen LogP contribution in [-0.4, -0.2) is 65.7 Å². The largest absolute Gasteiger partial charge is 0.493 e. The molecule has 0 amide bonds. The van der Waals surface area contributed by atoms with Crippen molar-refractivity contribution in [3.8, 4) is 16.9 Å². The molecule has 0 bridgehead atoms. The van der Waals surface area contributed by atoms with Gasteiger partial charge in [-0.05, 0) is 12.1 Å². The summed E-state index contributed by atoms with van der Waals surface area (Å²) >= 11 is 0. The van der Waals surface area contributed by atoms with Gasteiger partial charge in [0.1, 0.15) is 18.2 Å². The predicted molar refractivity (Wildman–Crippen MR) is 124 cm³/mol. The second-order valence-electron chi connectivity index (χ2n) is 8.18. The van der Waals surface area contributed by atoms with E-state index in [0.717, 1.165) is 45.8 Å². The lowest BCUT2D eigenvalue weighted by molar-refractivity contribution is -0.0363. The van der Waals surface area contributed by atoms with Gasteiger partial charge in [-0.15, -0.1) is 0 Å². The van der Waals surface area contributed by atoms with Gasteiger partial charge in [-0.3, -0.25) is 4.90 Å². The van der Waals surface area contributed by atoms with Gasteiger partial charge in [-0.25, -0.2) is 19.9 Å². The molecule has 0 spiro atoms. The van der Waals surface area contributed by atoms with Crippen molar-refractivity contribution < 1.29 is 13.9 Å². The Morgan fingerprint density at radius 2 is 2.03 bits per heavy atom. The maximum absolute atomic E-state index is 6.18. The van der Waals surface area contributed by atoms with Crippen molar-refractivity contribution in [1.29, 1.82) is 0 Å². The molecular formula is C24H26N6O3. The van der Waals surface area contributed by atoms with E-state index in [9.17, 15) is 0 Å². The maximum Gasteiger partial charge on any atom is 0.225 e. The number of anilines is 1. The van der Waals surface area contributed by atoms with Gasteiger partial charge < -0.3 is 18.8 Å². The van der Waals surface area contributed by atoms with Crippen LogP contribution in [0.1, 0.15) is 17.6 Å². The lowest BCUT2D eigenvalue weighted by Crippen LogP contribution is -2.38. The number of ether oxygens (including phenoxy) is 2. The maximum atomic E-state index is 6.18. The van der Waals surface area contributed by atoms with Crippen molar-refractivity contribution in [3.05, 3.63) is 60.6 Å². The molecule has 1 aliphatic rings. The summed E-state index contributed by atoms with van der Waals surface area (Å²) in [5, 5.41) is 1.03. The molecule has 5 rings (SSSR count). The van der Waals surface area contributed by atoms with E-state index in [0.29, 0.717) is 25.6 Å². The Bertz CT molecular complexity index is 1240. The zero-order chi connectivity index (χ0) is 22.8. The topological polar surface area (TPSA) is 89.6 Å². The van der Waals surface area contributed by atoms with Gasteiger partial charge >= 0.3 is 0 Å². The minimum Gasteiger partial charge on any atom is -0.493 e. The van der Waals surface area contributed by atoms with E-state index >= 15 is 0 Å². The number of nitrogens with zero attached hydrogens (tertiary/aromatic N) is 6. The van der Waals surface area contributed by atoms with Gasteiger partial charge in [-0.1, -0.05) is 12.1 Å². The van der Waals surface area contributed by atoms with Crippen LogP contribution in [0.5, 0.6) is 5.75 Å². The van der Waals surface area contributed by atoms with E-state index in [1.54, 1.807) is 19.5 Å². The highest BCUT2D eigenvalue weighted by Crippen LogP contribution is 2.33. The van der Waals surface area contributed by atoms with Crippen LogP contribution in [0.4, 0.5) is 5.95 Å². The summed E-state index contributed by atoms with van der Waals surface area (Å²) in [4.78, 5) is 21.9. The molecule has 4 aromatic rings. The molecule has 0 saturated carbocycles. The first-order chi connectivity index (χ1) is 16.1. The third-order valence-electron chi connectivity index (χ3n) is 5.69. The second kappa shape index (κ2) is 9.13. The molecule has 3 aromatic heterocycles. The van der Waals surface area contributed by atoms with Crippen LogP contribution in [0.3, 0.4) is 0 Å². The quantitative estimate of drug-likeness (QED) is 0.442. The molecule has 1 saturated heterocycles. The SMILES string of the molecule is COc1cccc2cc(CN3CCOC(c4nc(N(C)C)ncc4-c4cncnc4)C3)oc12. The van der Waals surface area contributed by atoms with E-state index in [4.69, 9.17) is 18.9 Å². The fourth-order valence-electron chi connectivity index (χ4n) is 4.07. The van der Waals surface area contributed by atoms with Crippen LogP contribution in [0.2, 0.25) is 0 Å². The van der Waals surface area contributed by atoms with Crippen molar-refractivity contribution in [2.75, 3.05) is 45.8 Å². The Labute approximate surface area is 192 Å². The number of para-hydroxylation sites is 1. The fourth-order valence-corrected chi connectivity index (χ4v) is 4.07. The lowest BCUT2D eigenvalue weighted by Gasteiger charge is -2.33. The van der Waals surface area contributed by atoms with Gasteiger partial charge in [-0.2, -0.15) is 0 Å². The van der Waals surface area contributed by atoms with Crippen LogP contribution < -0.4 is 9.64 Å². The normalized spacial score (nSPS) is 16.8. The first-order valence-corrected chi connectivity index (χ1v) is 10.8. The third-order valence-corrected chi connectivity index (χ3v) is 5.69. The van der Waals surface area contributed by atoms with Crippen molar-refractivity contribution in [1.82, 2.24) is 24.8 Å².